The summed E-state index contributed by atoms with van der Waals surface area (Å²) in [4.78, 5) is 10.5. The van der Waals surface area contributed by atoms with Gasteiger partial charge in [-0.2, -0.15) is 0 Å². The number of nitrogens with one attached hydrogen (secondary N) is 2. The van der Waals surface area contributed by atoms with Crippen LogP contribution >= 0.6 is 0 Å². The number of carbonyl (C=O) groups is 1. The van der Waals surface area contributed by atoms with Crippen molar-refractivity contribution < 1.29 is 19.7 Å². The number of phenolic OH excluding ortho intramolecular Hbond substituents is 1. The number of aliphatic hydroxyl groups excluding tert-OH is 1. The fraction of sp³-hybridized carbons (Fsp3) is 0.316. The maximum Gasteiger partial charge on any atom is 0.211 e. The van der Waals surface area contributed by atoms with Gasteiger partial charge in [-0.1, -0.05) is 18.2 Å². The Morgan fingerprint density at radius 1 is 1.20 bits per heavy atom. The molecule has 2 rings (SSSR count). The lowest BCUT2D eigenvalue weighted by Crippen LogP contribution is -2.32. The van der Waals surface area contributed by atoms with Crippen LogP contribution in [-0.4, -0.2) is 36.3 Å². The molecule has 0 heterocycles. The van der Waals surface area contributed by atoms with Crippen molar-refractivity contribution in [3.8, 4) is 11.5 Å². The van der Waals surface area contributed by atoms with Crippen LogP contribution in [0.4, 0.5) is 5.69 Å². The fourth-order valence-electron chi connectivity index (χ4n) is 2.56. The zero-order valence-corrected chi connectivity index (χ0v) is 14.4. The smallest absolute Gasteiger partial charge is 0.211 e. The van der Waals surface area contributed by atoms with Gasteiger partial charge >= 0.3 is 0 Å². The fourth-order valence-corrected chi connectivity index (χ4v) is 2.56. The van der Waals surface area contributed by atoms with E-state index in [1.807, 2.05) is 31.2 Å². The number of aromatic hydroxyl groups is 1. The molecule has 0 radical (unpaired) electrons. The minimum Gasteiger partial charge on any atom is -0.506 e. The van der Waals surface area contributed by atoms with Crippen LogP contribution in [0.25, 0.3) is 0 Å². The zero-order chi connectivity index (χ0) is 18.2. The summed E-state index contributed by atoms with van der Waals surface area (Å²) in [5.74, 6) is 0.788. The Kier molecular flexibility index (Phi) is 6.80. The second kappa shape index (κ2) is 9.05. The molecule has 1 amide bonds. The van der Waals surface area contributed by atoms with E-state index in [9.17, 15) is 15.0 Å². The predicted molar refractivity (Wildman–Crippen MR) is 96.9 cm³/mol. The molecule has 2 unspecified atom stereocenters. The van der Waals surface area contributed by atoms with E-state index >= 15 is 0 Å². The Labute approximate surface area is 147 Å². The van der Waals surface area contributed by atoms with Gasteiger partial charge in [0.25, 0.3) is 0 Å². The van der Waals surface area contributed by atoms with Crippen LogP contribution in [0.15, 0.2) is 42.5 Å². The molecule has 0 aliphatic heterocycles. The van der Waals surface area contributed by atoms with Crippen LogP contribution < -0.4 is 15.4 Å². The van der Waals surface area contributed by atoms with Gasteiger partial charge in [0.15, 0.2) is 0 Å². The quantitative estimate of drug-likeness (QED) is 0.414. The average Bonchev–Trinajstić information content (AvgIpc) is 2.62. The van der Waals surface area contributed by atoms with E-state index in [1.54, 1.807) is 19.2 Å². The lowest BCUT2D eigenvalue weighted by atomic mass is 10.1. The van der Waals surface area contributed by atoms with E-state index in [1.165, 1.54) is 11.6 Å². The first kappa shape index (κ1) is 18.8. The highest BCUT2D eigenvalue weighted by Gasteiger charge is 2.12. The minimum absolute atomic E-state index is 0.0381. The van der Waals surface area contributed by atoms with Gasteiger partial charge in [-0.15, -0.1) is 0 Å². The van der Waals surface area contributed by atoms with Crippen molar-refractivity contribution in [2.75, 3.05) is 19.0 Å². The van der Waals surface area contributed by atoms with Crippen LogP contribution in [0.3, 0.4) is 0 Å². The number of ether oxygens (including phenoxy) is 1. The first-order chi connectivity index (χ1) is 12.0. The third kappa shape index (κ3) is 5.48. The molecule has 134 valence electrons. The van der Waals surface area contributed by atoms with Gasteiger partial charge in [0.05, 0.1) is 18.9 Å². The largest absolute Gasteiger partial charge is 0.506 e. The summed E-state index contributed by atoms with van der Waals surface area (Å²) >= 11 is 0. The Balaban J connectivity index is 1.88. The van der Waals surface area contributed by atoms with Crippen molar-refractivity contribution >= 4 is 12.1 Å². The second-order valence-corrected chi connectivity index (χ2v) is 5.92. The van der Waals surface area contributed by atoms with Crippen molar-refractivity contribution in [3.05, 3.63) is 53.6 Å². The minimum atomic E-state index is -0.744. The van der Waals surface area contributed by atoms with Crippen molar-refractivity contribution in [3.63, 3.8) is 0 Å². The van der Waals surface area contributed by atoms with Crippen molar-refractivity contribution in [2.24, 2.45) is 0 Å². The number of anilines is 1. The Morgan fingerprint density at radius 3 is 2.56 bits per heavy atom. The molecule has 2 atom stereocenters. The molecule has 2 aromatic carbocycles. The predicted octanol–water partition coefficient (Wildman–Crippen LogP) is 2.22. The average molecular weight is 343 g/mol. The third-order valence-corrected chi connectivity index (χ3v) is 3.98. The molecule has 0 spiro atoms. The standard InChI is InChI=1S/C19H24N2O4/c1-13(9-14-3-6-16(25-2)7-4-14)20-11-19(24)15-5-8-18(23)17(10-15)21-12-22/h3-8,10,12-13,19-20,23-24H,9,11H2,1-2H3,(H,21,22)/i2-1. The zero-order valence-electron chi connectivity index (χ0n) is 14.4. The summed E-state index contributed by atoms with van der Waals surface area (Å²) in [7, 11) is 1.64. The molecule has 2 aromatic rings. The number of hydrogen-bond acceptors (Lipinski definition) is 5. The topological polar surface area (TPSA) is 90.8 Å². The molecular formula is C19H24N2O4. The number of phenols is 1. The molecule has 0 aliphatic rings. The van der Waals surface area contributed by atoms with Crippen LogP contribution in [0, 0.1) is 0 Å². The van der Waals surface area contributed by atoms with Gasteiger partial charge in [-0.05, 0) is 48.7 Å². The Hall–Kier alpha value is -2.57. The van der Waals surface area contributed by atoms with E-state index in [0.717, 1.165) is 12.2 Å². The van der Waals surface area contributed by atoms with Crippen molar-refractivity contribution in [2.45, 2.75) is 25.5 Å². The van der Waals surface area contributed by atoms with E-state index in [4.69, 9.17) is 4.74 Å². The first-order valence-corrected chi connectivity index (χ1v) is 8.11. The number of hydrogen-bond donors (Lipinski definition) is 4. The summed E-state index contributed by atoms with van der Waals surface area (Å²) in [6.45, 7) is 2.41. The number of benzene rings is 2. The second-order valence-electron chi connectivity index (χ2n) is 5.92. The highest BCUT2D eigenvalue weighted by atomic mass is 16.4. The number of amides is 1. The van der Waals surface area contributed by atoms with Crippen LogP contribution in [0.2, 0.25) is 0 Å². The normalized spacial score (nSPS) is 13.1. The van der Waals surface area contributed by atoms with Crippen molar-refractivity contribution in [1.82, 2.24) is 5.32 Å². The van der Waals surface area contributed by atoms with E-state index in [2.05, 4.69) is 10.6 Å². The molecule has 0 saturated heterocycles. The van der Waals surface area contributed by atoms with Crippen LogP contribution in [0.5, 0.6) is 11.5 Å². The highest BCUT2D eigenvalue weighted by Crippen LogP contribution is 2.26. The molecule has 0 fully saturated rings. The molecular weight excluding hydrogens is 319 g/mol. The van der Waals surface area contributed by atoms with Crippen LogP contribution in [0.1, 0.15) is 24.2 Å². The first-order valence-electron chi connectivity index (χ1n) is 8.11. The number of aliphatic hydroxyl groups is 1. The summed E-state index contributed by atoms with van der Waals surface area (Å²) in [6.07, 6.45) is 0.566. The third-order valence-electron chi connectivity index (χ3n) is 3.98. The summed E-state index contributed by atoms with van der Waals surface area (Å²) in [6, 6.07) is 12.7. The van der Waals surface area contributed by atoms with Gasteiger partial charge in [-0.3, -0.25) is 4.79 Å². The molecule has 6 heteroatoms. The monoisotopic (exact) mass is 343 g/mol. The lowest BCUT2D eigenvalue weighted by molar-refractivity contribution is -0.105. The summed E-state index contributed by atoms with van der Waals surface area (Å²) in [5, 5.41) is 25.6. The summed E-state index contributed by atoms with van der Waals surface area (Å²) in [5.41, 5.74) is 2.07. The van der Waals surface area contributed by atoms with Gasteiger partial charge < -0.3 is 25.6 Å². The maximum absolute atomic E-state index is 10.5. The summed E-state index contributed by atoms with van der Waals surface area (Å²) < 4.78 is 5.14. The van der Waals surface area contributed by atoms with Crippen LogP contribution in [-0.2, 0) is 11.2 Å². The molecule has 6 nitrogen and oxygen atoms in total. The number of methoxy groups -OCH3 is 1. The Morgan fingerprint density at radius 2 is 1.92 bits per heavy atom. The number of carbonyl (C=O) groups excluding carboxylic acids is 1. The van der Waals surface area contributed by atoms with Gasteiger partial charge in [0.2, 0.25) is 6.41 Å². The SMILES string of the molecule is CC(Cc1ccc(O[11CH3])cc1)NCC(O)c1ccc(O)c(NC=O)c1. The molecule has 4 N–H and O–H groups in total. The van der Waals surface area contributed by atoms with E-state index in [0.29, 0.717) is 18.5 Å². The maximum atomic E-state index is 10.5. The lowest BCUT2D eigenvalue weighted by Gasteiger charge is -2.18. The van der Waals surface area contributed by atoms with E-state index < -0.39 is 6.10 Å². The van der Waals surface area contributed by atoms with Gasteiger partial charge in [0, 0.05) is 12.6 Å². The van der Waals surface area contributed by atoms with E-state index in [-0.39, 0.29) is 17.5 Å². The highest BCUT2D eigenvalue weighted by molar-refractivity contribution is 5.75. The Bertz CT molecular complexity index is 688. The number of rotatable bonds is 9. The molecule has 0 saturated carbocycles. The van der Waals surface area contributed by atoms with Gasteiger partial charge in [0.1, 0.15) is 11.5 Å². The molecule has 0 bridgehead atoms. The molecule has 0 aromatic heterocycles. The van der Waals surface area contributed by atoms with Gasteiger partial charge in [-0.25, -0.2) is 0 Å². The van der Waals surface area contributed by atoms with Crippen molar-refractivity contribution in [1.29, 1.82) is 0 Å². The molecule has 25 heavy (non-hydrogen) atoms. The molecule has 0 aliphatic carbocycles.